The highest BCUT2D eigenvalue weighted by Gasteiger charge is 2.25. The maximum absolute atomic E-state index is 13.3. The Bertz CT molecular complexity index is 732. The predicted molar refractivity (Wildman–Crippen MR) is 73.4 cm³/mol. The first-order valence-electron chi connectivity index (χ1n) is 5.83. The molecule has 0 aliphatic heterocycles. The van der Waals surface area contributed by atoms with Crippen molar-refractivity contribution < 1.29 is 21.8 Å². The lowest BCUT2D eigenvalue weighted by molar-refractivity contribution is 0.00685. The van der Waals surface area contributed by atoms with E-state index in [1.165, 1.54) is 6.92 Å². The minimum absolute atomic E-state index is 0.108. The Hall–Kier alpha value is -2.12. The summed E-state index contributed by atoms with van der Waals surface area (Å²) in [6, 6.07) is 2.01. The molecule has 114 valence electrons. The van der Waals surface area contributed by atoms with Gasteiger partial charge in [0.15, 0.2) is 0 Å². The molecule has 0 atom stereocenters. The average molecular weight is 315 g/mol. The van der Waals surface area contributed by atoms with Crippen molar-refractivity contribution in [1.29, 1.82) is 0 Å². The lowest BCUT2D eigenvalue weighted by Crippen LogP contribution is -2.24. The fourth-order valence-electron chi connectivity index (χ4n) is 1.58. The second kappa shape index (κ2) is 5.71. The SMILES string of the molecule is Cc1c(C(=O)OC(C)(C)C)cc(N=[N+]=[N-])cc1S(=O)(=O)F. The second-order valence-corrected chi connectivity index (χ2v) is 6.56. The molecule has 0 amide bonds. The van der Waals surface area contributed by atoms with Gasteiger partial charge in [-0.3, -0.25) is 0 Å². The summed E-state index contributed by atoms with van der Waals surface area (Å²) < 4.78 is 40.6. The topological polar surface area (TPSA) is 109 Å². The zero-order chi connectivity index (χ0) is 16.4. The van der Waals surface area contributed by atoms with Gasteiger partial charge in [-0.25, -0.2) is 4.79 Å². The van der Waals surface area contributed by atoms with Crippen LogP contribution in [0.3, 0.4) is 0 Å². The van der Waals surface area contributed by atoms with Gasteiger partial charge in [0.2, 0.25) is 0 Å². The molecule has 7 nitrogen and oxygen atoms in total. The van der Waals surface area contributed by atoms with Crippen LogP contribution in [0.15, 0.2) is 22.1 Å². The molecule has 0 saturated carbocycles. The summed E-state index contributed by atoms with van der Waals surface area (Å²) in [6.45, 7) is 6.16. The van der Waals surface area contributed by atoms with Gasteiger partial charge in [-0.1, -0.05) is 5.11 Å². The van der Waals surface area contributed by atoms with Gasteiger partial charge >= 0.3 is 16.2 Å². The number of halogens is 1. The Morgan fingerprint density at radius 3 is 2.38 bits per heavy atom. The van der Waals surface area contributed by atoms with Crippen LogP contribution in [0.2, 0.25) is 0 Å². The van der Waals surface area contributed by atoms with Crippen LogP contribution in [0.5, 0.6) is 0 Å². The van der Waals surface area contributed by atoms with Crippen LogP contribution in [0.1, 0.15) is 36.7 Å². The zero-order valence-corrected chi connectivity index (χ0v) is 12.7. The van der Waals surface area contributed by atoms with Crippen LogP contribution in [0, 0.1) is 6.92 Å². The Morgan fingerprint density at radius 2 is 1.95 bits per heavy atom. The van der Waals surface area contributed by atoms with Crippen molar-refractivity contribution in [3.63, 3.8) is 0 Å². The van der Waals surface area contributed by atoms with Gasteiger partial charge in [0, 0.05) is 10.6 Å². The van der Waals surface area contributed by atoms with E-state index in [1.54, 1.807) is 20.8 Å². The molecule has 0 aliphatic carbocycles. The van der Waals surface area contributed by atoms with Gasteiger partial charge in [-0.05, 0) is 50.9 Å². The van der Waals surface area contributed by atoms with Crippen LogP contribution in [0.25, 0.3) is 10.4 Å². The average Bonchev–Trinajstić information content (AvgIpc) is 2.27. The summed E-state index contributed by atoms with van der Waals surface area (Å²) >= 11 is 0. The molecule has 0 N–H and O–H groups in total. The number of hydrogen-bond donors (Lipinski definition) is 0. The largest absolute Gasteiger partial charge is 0.456 e. The smallest absolute Gasteiger partial charge is 0.338 e. The number of nitrogens with zero attached hydrogens (tertiary/aromatic N) is 3. The summed E-state index contributed by atoms with van der Waals surface area (Å²) in [7, 11) is -5.07. The highest BCUT2D eigenvalue weighted by Crippen LogP contribution is 2.29. The summed E-state index contributed by atoms with van der Waals surface area (Å²) in [5.41, 5.74) is 7.11. The highest BCUT2D eigenvalue weighted by molar-refractivity contribution is 7.86. The minimum atomic E-state index is -5.07. The van der Waals surface area contributed by atoms with Crippen LogP contribution >= 0.6 is 0 Å². The molecule has 0 unspecified atom stereocenters. The van der Waals surface area contributed by atoms with E-state index in [9.17, 15) is 17.1 Å². The molecule has 0 spiro atoms. The van der Waals surface area contributed by atoms with Crippen LogP contribution in [-0.2, 0) is 15.0 Å². The van der Waals surface area contributed by atoms with Crippen LogP contribution < -0.4 is 0 Å². The molecule has 1 aromatic rings. The van der Waals surface area contributed by atoms with Crippen molar-refractivity contribution >= 4 is 21.9 Å². The zero-order valence-electron chi connectivity index (χ0n) is 11.9. The van der Waals surface area contributed by atoms with E-state index in [0.717, 1.165) is 12.1 Å². The fraction of sp³-hybridized carbons (Fsp3) is 0.417. The molecule has 0 heterocycles. The van der Waals surface area contributed by atoms with Crippen molar-refractivity contribution in [3.8, 4) is 0 Å². The number of carbonyl (C=O) groups is 1. The van der Waals surface area contributed by atoms with Crippen molar-refractivity contribution in [2.45, 2.75) is 38.2 Å². The van der Waals surface area contributed by atoms with E-state index in [1.807, 2.05) is 0 Å². The Balaban J connectivity index is 3.55. The molecule has 0 aromatic heterocycles. The van der Waals surface area contributed by atoms with E-state index >= 15 is 0 Å². The minimum Gasteiger partial charge on any atom is -0.456 e. The first-order chi connectivity index (χ1) is 9.45. The van der Waals surface area contributed by atoms with Crippen molar-refractivity contribution in [3.05, 3.63) is 33.7 Å². The molecule has 0 saturated heterocycles. The third-order valence-electron chi connectivity index (χ3n) is 2.39. The molecule has 21 heavy (non-hydrogen) atoms. The molecule has 0 aliphatic rings. The quantitative estimate of drug-likeness (QED) is 0.279. The lowest BCUT2D eigenvalue weighted by Gasteiger charge is -2.20. The summed E-state index contributed by atoms with van der Waals surface area (Å²) in [4.78, 5) is 13.8. The van der Waals surface area contributed by atoms with Gasteiger partial charge < -0.3 is 4.74 Å². The van der Waals surface area contributed by atoms with Crippen molar-refractivity contribution in [2.75, 3.05) is 0 Å². The fourth-order valence-corrected chi connectivity index (χ4v) is 2.32. The van der Waals surface area contributed by atoms with Crippen molar-refractivity contribution in [1.82, 2.24) is 0 Å². The number of benzene rings is 1. The van der Waals surface area contributed by atoms with Gasteiger partial charge in [0.1, 0.15) is 10.5 Å². The van der Waals surface area contributed by atoms with E-state index in [0.29, 0.717) is 0 Å². The van der Waals surface area contributed by atoms with E-state index in [-0.39, 0.29) is 16.8 Å². The number of azide groups is 1. The monoisotopic (exact) mass is 315 g/mol. The van der Waals surface area contributed by atoms with E-state index < -0.39 is 26.7 Å². The predicted octanol–water partition coefficient (Wildman–Crippen LogP) is 3.55. The maximum atomic E-state index is 13.3. The third kappa shape index (κ3) is 4.44. The standard InChI is InChI=1S/C12H14FN3O4S/c1-7-9(11(17)20-12(2,3)4)5-8(15-16-14)6-10(7)21(13,18)19/h5-6H,1-4H3. The first-order valence-corrected chi connectivity index (χ1v) is 7.22. The van der Waals surface area contributed by atoms with Crippen molar-refractivity contribution in [2.24, 2.45) is 5.11 Å². The van der Waals surface area contributed by atoms with Crippen LogP contribution in [0.4, 0.5) is 9.57 Å². The number of rotatable bonds is 3. The van der Waals surface area contributed by atoms with Gasteiger partial charge in [-0.2, -0.15) is 8.42 Å². The molecule has 0 radical (unpaired) electrons. The summed E-state index contributed by atoms with van der Waals surface area (Å²) in [6.07, 6.45) is 0. The molecule has 0 fully saturated rings. The van der Waals surface area contributed by atoms with Crippen LogP contribution in [-0.4, -0.2) is 20.0 Å². The molecule has 0 bridgehead atoms. The number of carbonyl (C=O) groups excluding carboxylic acids is 1. The Morgan fingerprint density at radius 1 is 1.38 bits per heavy atom. The Kier molecular flexibility index (Phi) is 4.60. The molecule has 9 heteroatoms. The maximum Gasteiger partial charge on any atom is 0.338 e. The number of hydrogen-bond acceptors (Lipinski definition) is 5. The first kappa shape index (κ1) is 16.9. The summed E-state index contributed by atoms with van der Waals surface area (Å²) in [5.74, 6) is -0.833. The van der Waals surface area contributed by atoms with Gasteiger partial charge in [0.25, 0.3) is 0 Å². The molecule has 1 rings (SSSR count). The third-order valence-corrected chi connectivity index (χ3v) is 3.34. The highest BCUT2D eigenvalue weighted by atomic mass is 32.3. The van der Waals surface area contributed by atoms with Gasteiger partial charge in [0.05, 0.1) is 5.56 Å². The molecular weight excluding hydrogens is 301 g/mol. The normalized spacial score (nSPS) is 11.7. The lowest BCUT2D eigenvalue weighted by atomic mass is 10.1. The molecule has 1 aromatic carbocycles. The number of ether oxygens (including phenoxy) is 1. The van der Waals surface area contributed by atoms with E-state index in [4.69, 9.17) is 10.3 Å². The van der Waals surface area contributed by atoms with Gasteiger partial charge in [-0.15, -0.1) is 3.89 Å². The Labute approximate surface area is 121 Å². The number of esters is 1. The molecular formula is C12H14FN3O4S. The van der Waals surface area contributed by atoms with E-state index in [2.05, 4.69) is 10.0 Å². The summed E-state index contributed by atoms with van der Waals surface area (Å²) in [5, 5.41) is 3.20. The second-order valence-electron chi connectivity index (χ2n) is 5.25.